The number of alkyl halides is 3. The Labute approximate surface area is 239 Å². The summed E-state index contributed by atoms with van der Waals surface area (Å²) in [4.78, 5) is 34.9. The number of rotatable bonds is 6. The smallest absolute Gasteiger partial charge is 0.334 e. The van der Waals surface area contributed by atoms with E-state index in [4.69, 9.17) is 0 Å². The van der Waals surface area contributed by atoms with E-state index in [-0.39, 0.29) is 34.7 Å². The molecule has 1 saturated heterocycles. The maximum atomic E-state index is 13.8. The average Bonchev–Trinajstić information content (AvgIpc) is 3.01. The van der Waals surface area contributed by atoms with Crippen molar-refractivity contribution in [2.45, 2.75) is 48.8 Å². The number of amides is 2. The lowest BCUT2D eigenvalue weighted by Gasteiger charge is -2.43. The molecule has 2 aromatic carbocycles. The first-order valence-corrected chi connectivity index (χ1v) is 14.8. The van der Waals surface area contributed by atoms with E-state index in [0.717, 1.165) is 17.7 Å². The summed E-state index contributed by atoms with van der Waals surface area (Å²) in [7, 11) is -1.65. The van der Waals surface area contributed by atoms with Crippen molar-refractivity contribution in [1.29, 1.82) is 0 Å². The molecule has 0 bridgehead atoms. The van der Waals surface area contributed by atoms with Crippen LogP contribution >= 0.6 is 0 Å². The third kappa shape index (κ3) is 6.84. The summed E-state index contributed by atoms with van der Waals surface area (Å²) < 4.78 is 54.3. The van der Waals surface area contributed by atoms with Crippen LogP contribution in [0.5, 0.6) is 0 Å². The molecule has 2 atom stereocenters. The topological polar surface area (TPSA) is 82.6 Å². The van der Waals surface area contributed by atoms with Gasteiger partial charge in [-0.3, -0.25) is 14.6 Å². The van der Waals surface area contributed by atoms with Crippen molar-refractivity contribution in [3.05, 3.63) is 95.8 Å². The van der Waals surface area contributed by atoms with Crippen molar-refractivity contribution in [2.75, 3.05) is 19.6 Å². The molecule has 1 N–H and O–H groups in total. The number of hydrogen-bond acceptors (Lipinski definition) is 4. The molecule has 2 aliphatic rings. The summed E-state index contributed by atoms with van der Waals surface area (Å²) in [5, 5.41) is 0. The van der Waals surface area contributed by atoms with Crippen molar-refractivity contribution in [3.63, 3.8) is 0 Å². The minimum Gasteiger partial charge on any atom is -0.334 e. The lowest BCUT2D eigenvalue weighted by atomic mass is 9.85. The molecule has 1 aliphatic carbocycles. The van der Waals surface area contributed by atoms with Crippen LogP contribution in [0.4, 0.5) is 13.2 Å². The number of hydrogen-bond donors (Lipinski definition) is 1. The summed E-state index contributed by atoms with van der Waals surface area (Å²) in [6.07, 6.45) is 1.20. The Balaban J connectivity index is 1.21. The monoisotopic (exact) mass is 584 g/mol. The van der Waals surface area contributed by atoms with Crippen LogP contribution in [0.1, 0.15) is 53.2 Å². The van der Waals surface area contributed by atoms with E-state index in [1.165, 1.54) is 12.1 Å². The van der Waals surface area contributed by atoms with Gasteiger partial charge in [-0.1, -0.05) is 30.3 Å². The Hall–Kier alpha value is -3.57. The first-order chi connectivity index (χ1) is 19.7. The van der Waals surface area contributed by atoms with Crippen LogP contribution in [0.2, 0.25) is 0 Å². The molecule has 0 radical (unpaired) electrons. The number of halogens is 3. The van der Waals surface area contributed by atoms with Gasteiger partial charge in [0.15, 0.2) is 0 Å². The average molecular weight is 585 g/mol. The largest absolute Gasteiger partial charge is 0.416 e. The van der Waals surface area contributed by atoms with Crippen molar-refractivity contribution in [1.82, 2.24) is 19.5 Å². The highest BCUT2D eigenvalue weighted by Crippen LogP contribution is 2.33. The predicted molar refractivity (Wildman–Crippen MR) is 148 cm³/mol. The standard InChI is InChI=1S/C30H31F3N4O3S/c31-30(32,33)24-8-12-26(13-9-24)41(40)35-25-10-6-22(7-11-25)29(39)37-19-18-36(28(38)23-14-16-34-17-15-23)20-27(37)21-4-2-1-3-5-21/h1-5,8-9,12-17,22,25,27,35H,6-7,10-11,18-20H2/t22?,25?,27-,41?/m1/s1. The molecule has 1 saturated carbocycles. The van der Waals surface area contributed by atoms with Gasteiger partial charge in [0.2, 0.25) is 5.91 Å². The van der Waals surface area contributed by atoms with Crippen LogP contribution in [0.15, 0.2) is 84.0 Å². The van der Waals surface area contributed by atoms with E-state index in [9.17, 15) is 27.0 Å². The highest BCUT2D eigenvalue weighted by Gasteiger charge is 2.38. The van der Waals surface area contributed by atoms with Crippen molar-refractivity contribution < 1.29 is 27.0 Å². The molecule has 11 heteroatoms. The van der Waals surface area contributed by atoms with Gasteiger partial charge in [-0.2, -0.15) is 13.2 Å². The SMILES string of the molecule is O=C(c1ccncc1)N1CCN(C(=O)C2CCC(NS(=O)c3ccc(C(F)(F)F)cc3)CC2)[C@@H](c2ccccc2)C1. The van der Waals surface area contributed by atoms with Gasteiger partial charge < -0.3 is 9.80 Å². The molecule has 7 nitrogen and oxygen atoms in total. The summed E-state index contributed by atoms with van der Waals surface area (Å²) >= 11 is 0. The minimum absolute atomic E-state index is 0.0529. The minimum atomic E-state index is -4.44. The first kappa shape index (κ1) is 28.9. The molecule has 5 rings (SSSR count). The van der Waals surface area contributed by atoms with Gasteiger partial charge in [0.05, 0.1) is 16.5 Å². The molecule has 2 fully saturated rings. The fourth-order valence-corrected chi connectivity index (χ4v) is 6.61. The lowest BCUT2D eigenvalue weighted by Crippen LogP contribution is -2.54. The second-order valence-corrected chi connectivity index (χ2v) is 11.6. The fourth-order valence-electron chi connectivity index (χ4n) is 5.55. The fraction of sp³-hybridized carbons (Fsp3) is 0.367. The normalized spacial score (nSPS) is 22.3. The zero-order valence-corrected chi connectivity index (χ0v) is 23.1. The second-order valence-electron chi connectivity index (χ2n) is 10.4. The Morgan fingerprint density at radius 2 is 1.54 bits per heavy atom. The molecule has 3 aromatic rings. The number of carbonyl (C=O) groups is 2. The van der Waals surface area contributed by atoms with Crippen LogP contribution in [0.3, 0.4) is 0 Å². The maximum absolute atomic E-state index is 13.8. The molecule has 41 heavy (non-hydrogen) atoms. The van der Waals surface area contributed by atoms with Gasteiger partial charge in [-0.05, 0) is 67.6 Å². The van der Waals surface area contributed by atoms with Gasteiger partial charge in [-0.25, -0.2) is 8.93 Å². The number of benzene rings is 2. The number of nitrogens with one attached hydrogen (secondary N) is 1. The summed E-state index contributed by atoms with van der Waals surface area (Å²) in [6, 6.07) is 17.0. The third-order valence-electron chi connectivity index (χ3n) is 7.81. The van der Waals surface area contributed by atoms with Crippen LogP contribution in [-0.4, -0.2) is 56.5 Å². The molecule has 2 heterocycles. The molecular weight excluding hydrogens is 553 g/mol. The van der Waals surface area contributed by atoms with Gasteiger partial charge in [0, 0.05) is 49.6 Å². The summed E-state index contributed by atoms with van der Waals surface area (Å²) in [5.41, 5.74) is 0.745. The predicted octanol–water partition coefficient (Wildman–Crippen LogP) is 5.00. The highest BCUT2D eigenvalue weighted by atomic mass is 32.2. The molecule has 0 spiro atoms. The van der Waals surface area contributed by atoms with E-state index >= 15 is 0 Å². The highest BCUT2D eigenvalue weighted by molar-refractivity contribution is 7.83. The maximum Gasteiger partial charge on any atom is 0.416 e. The van der Waals surface area contributed by atoms with Crippen LogP contribution in [0, 0.1) is 5.92 Å². The summed E-state index contributed by atoms with van der Waals surface area (Å²) in [6.45, 7) is 1.24. The Morgan fingerprint density at radius 1 is 0.878 bits per heavy atom. The summed E-state index contributed by atoms with van der Waals surface area (Å²) in [5.74, 6) is -0.230. The third-order valence-corrected chi connectivity index (χ3v) is 9.06. The van der Waals surface area contributed by atoms with Crippen molar-refractivity contribution in [3.8, 4) is 0 Å². The quantitative estimate of drug-likeness (QED) is 0.442. The van der Waals surface area contributed by atoms with Crippen molar-refractivity contribution >= 4 is 22.8 Å². The van der Waals surface area contributed by atoms with E-state index in [1.807, 2.05) is 35.2 Å². The van der Waals surface area contributed by atoms with Crippen LogP contribution in [-0.2, 0) is 22.0 Å². The molecular formula is C30H31F3N4O3S. The zero-order valence-electron chi connectivity index (χ0n) is 22.3. The molecule has 1 unspecified atom stereocenters. The van der Waals surface area contributed by atoms with Crippen molar-refractivity contribution in [2.24, 2.45) is 5.92 Å². The number of carbonyl (C=O) groups excluding carboxylic acids is 2. The molecule has 1 aliphatic heterocycles. The second kappa shape index (κ2) is 12.5. The number of aromatic nitrogens is 1. The van der Waals surface area contributed by atoms with Crippen LogP contribution in [0.25, 0.3) is 0 Å². The van der Waals surface area contributed by atoms with Gasteiger partial charge in [-0.15, -0.1) is 0 Å². The molecule has 216 valence electrons. The van der Waals surface area contributed by atoms with E-state index in [0.29, 0.717) is 50.9 Å². The van der Waals surface area contributed by atoms with E-state index < -0.39 is 22.7 Å². The molecule has 1 aromatic heterocycles. The number of piperazine rings is 1. The van der Waals surface area contributed by atoms with Gasteiger partial charge in [0.1, 0.15) is 11.0 Å². The van der Waals surface area contributed by atoms with Crippen LogP contribution < -0.4 is 4.72 Å². The Morgan fingerprint density at radius 3 is 2.17 bits per heavy atom. The lowest BCUT2D eigenvalue weighted by molar-refractivity contribution is -0.141. The zero-order chi connectivity index (χ0) is 29.0. The van der Waals surface area contributed by atoms with Gasteiger partial charge >= 0.3 is 6.18 Å². The van der Waals surface area contributed by atoms with E-state index in [2.05, 4.69) is 9.71 Å². The first-order valence-electron chi connectivity index (χ1n) is 13.6. The number of pyridine rings is 1. The number of nitrogens with zero attached hydrogens (tertiary/aromatic N) is 3. The molecule has 2 amide bonds. The van der Waals surface area contributed by atoms with Gasteiger partial charge in [0.25, 0.3) is 5.91 Å². The van der Waals surface area contributed by atoms with E-state index in [1.54, 1.807) is 29.4 Å². The Kier molecular flexibility index (Phi) is 8.84. The Bertz CT molecular complexity index is 1370.